The van der Waals surface area contributed by atoms with E-state index >= 15 is 0 Å². The maximum absolute atomic E-state index is 13.0. The predicted octanol–water partition coefficient (Wildman–Crippen LogP) is 4.26. The summed E-state index contributed by atoms with van der Waals surface area (Å²) in [6, 6.07) is 2.04. The number of carbonyl (C=O) groups excluding carboxylic acids is 2. The zero-order valence-corrected chi connectivity index (χ0v) is 20.4. The van der Waals surface area contributed by atoms with Crippen molar-refractivity contribution in [2.75, 3.05) is 19.7 Å². The van der Waals surface area contributed by atoms with Gasteiger partial charge in [-0.15, -0.1) is 0 Å². The van der Waals surface area contributed by atoms with Crippen molar-refractivity contribution in [1.29, 1.82) is 0 Å². The Hall–Kier alpha value is -2.31. The van der Waals surface area contributed by atoms with Gasteiger partial charge < -0.3 is 19.7 Å². The molecule has 1 aliphatic rings. The van der Waals surface area contributed by atoms with Crippen LogP contribution in [-0.2, 0) is 9.53 Å². The van der Waals surface area contributed by atoms with Crippen molar-refractivity contribution in [2.45, 2.75) is 79.9 Å². The molecule has 0 radical (unpaired) electrons. The van der Waals surface area contributed by atoms with Crippen molar-refractivity contribution >= 4 is 12.0 Å². The number of carbonyl (C=O) groups is 2. The van der Waals surface area contributed by atoms with Crippen molar-refractivity contribution in [3.8, 4) is 5.88 Å². The van der Waals surface area contributed by atoms with E-state index in [1.807, 2.05) is 54.5 Å². The number of amides is 2. The minimum absolute atomic E-state index is 0.0229. The molecule has 31 heavy (non-hydrogen) atoms. The molecule has 0 unspecified atom stereocenters. The number of ether oxygens (including phenoxy) is 2. The molecule has 0 bridgehead atoms. The lowest BCUT2D eigenvalue weighted by Gasteiger charge is -2.40. The molecule has 1 saturated heterocycles. The molecular weight excluding hydrogens is 394 g/mol. The molecule has 0 aromatic carbocycles. The fourth-order valence-corrected chi connectivity index (χ4v) is 3.66. The van der Waals surface area contributed by atoms with Crippen molar-refractivity contribution < 1.29 is 19.1 Å². The highest BCUT2D eigenvalue weighted by Gasteiger charge is 2.36. The standard InChI is InChI=1S/C24H39N3O4/c1-9-18-14-27(22(29)31-23(4,5)6)11-10-19(18)26-21(28)24(7,8)15-30-20-17(3)12-16(2)13-25-20/h12-13,18-19H,9-11,14-15H2,1-8H3,(H,26,28)/t18-,19-/m1/s1. The van der Waals surface area contributed by atoms with Gasteiger partial charge in [-0.3, -0.25) is 4.79 Å². The van der Waals surface area contributed by atoms with Gasteiger partial charge in [0.25, 0.3) is 0 Å². The van der Waals surface area contributed by atoms with Crippen LogP contribution in [0.1, 0.15) is 65.5 Å². The molecule has 0 spiro atoms. The highest BCUT2D eigenvalue weighted by molar-refractivity contribution is 5.82. The third kappa shape index (κ3) is 7.11. The largest absolute Gasteiger partial charge is 0.476 e. The van der Waals surface area contributed by atoms with Gasteiger partial charge in [-0.25, -0.2) is 9.78 Å². The van der Waals surface area contributed by atoms with E-state index < -0.39 is 11.0 Å². The molecule has 1 fully saturated rings. The number of nitrogens with zero attached hydrogens (tertiary/aromatic N) is 2. The Bertz CT molecular complexity index is 786. The Morgan fingerprint density at radius 3 is 2.48 bits per heavy atom. The van der Waals surface area contributed by atoms with Gasteiger partial charge in [0.15, 0.2) is 0 Å². The molecule has 2 amide bonds. The number of rotatable bonds is 6. The highest BCUT2D eigenvalue weighted by atomic mass is 16.6. The molecule has 174 valence electrons. The van der Waals surface area contributed by atoms with Gasteiger partial charge in [-0.1, -0.05) is 6.92 Å². The van der Waals surface area contributed by atoms with Crippen LogP contribution in [-0.4, -0.2) is 53.2 Å². The van der Waals surface area contributed by atoms with E-state index in [4.69, 9.17) is 9.47 Å². The SMILES string of the molecule is CC[C@@H]1CN(C(=O)OC(C)(C)C)CC[C@H]1NC(=O)C(C)(C)COc1ncc(C)cc1C. The Kier molecular flexibility index (Phi) is 7.95. The molecule has 1 N–H and O–H groups in total. The highest BCUT2D eigenvalue weighted by Crippen LogP contribution is 2.25. The average molecular weight is 434 g/mol. The number of hydrogen-bond donors (Lipinski definition) is 1. The van der Waals surface area contributed by atoms with Gasteiger partial charge >= 0.3 is 6.09 Å². The van der Waals surface area contributed by atoms with Crippen LogP contribution in [0.25, 0.3) is 0 Å². The third-order valence-corrected chi connectivity index (χ3v) is 5.58. The quantitative estimate of drug-likeness (QED) is 0.725. The molecule has 7 nitrogen and oxygen atoms in total. The second kappa shape index (κ2) is 9.88. The number of nitrogens with one attached hydrogen (secondary N) is 1. The molecule has 0 saturated carbocycles. The Morgan fingerprint density at radius 1 is 1.23 bits per heavy atom. The summed E-state index contributed by atoms with van der Waals surface area (Å²) < 4.78 is 11.4. The van der Waals surface area contributed by atoms with E-state index in [0.29, 0.717) is 25.4 Å². The first-order chi connectivity index (χ1) is 14.3. The van der Waals surface area contributed by atoms with Gasteiger partial charge in [0.1, 0.15) is 12.2 Å². The van der Waals surface area contributed by atoms with E-state index in [0.717, 1.165) is 17.5 Å². The minimum atomic E-state index is -0.709. The van der Waals surface area contributed by atoms with E-state index in [1.165, 1.54) is 0 Å². The topological polar surface area (TPSA) is 80.8 Å². The number of aryl methyl sites for hydroxylation is 2. The fraction of sp³-hybridized carbons (Fsp3) is 0.708. The second-order valence-electron chi connectivity index (χ2n) is 10.3. The monoisotopic (exact) mass is 433 g/mol. The summed E-state index contributed by atoms with van der Waals surface area (Å²) in [5, 5.41) is 3.21. The maximum Gasteiger partial charge on any atom is 0.410 e. The molecule has 1 aromatic heterocycles. The van der Waals surface area contributed by atoms with Gasteiger partial charge in [-0.05, 0) is 78.9 Å². The zero-order chi connectivity index (χ0) is 23.4. The van der Waals surface area contributed by atoms with Gasteiger partial charge in [0.2, 0.25) is 11.8 Å². The number of hydrogen-bond acceptors (Lipinski definition) is 5. The number of piperidine rings is 1. The molecule has 1 aliphatic heterocycles. The van der Waals surface area contributed by atoms with E-state index in [2.05, 4.69) is 17.2 Å². The first-order valence-electron chi connectivity index (χ1n) is 11.2. The van der Waals surface area contributed by atoms with Crippen LogP contribution in [0.2, 0.25) is 0 Å². The zero-order valence-electron chi connectivity index (χ0n) is 20.4. The normalized spacial score (nSPS) is 19.7. The van der Waals surface area contributed by atoms with Crippen molar-refractivity contribution in [3.05, 3.63) is 23.4 Å². The molecule has 7 heteroatoms. The summed E-state index contributed by atoms with van der Waals surface area (Å²) in [6.45, 7) is 16.8. The van der Waals surface area contributed by atoms with Gasteiger partial charge in [0.05, 0.1) is 5.41 Å². The first kappa shape index (κ1) is 25.0. The summed E-state index contributed by atoms with van der Waals surface area (Å²) in [5.74, 6) is 0.693. The lowest BCUT2D eigenvalue weighted by atomic mass is 9.87. The number of pyridine rings is 1. The predicted molar refractivity (Wildman–Crippen MR) is 121 cm³/mol. The van der Waals surface area contributed by atoms with Gasteiger partial charge in [0, 0.05) is 30.9 Å². The number of aromatic nitrogens is 1. The lowest BCUT2D eigenvalue weighted by molar-refractivity contribution is -0.132. The summed E-state index contributed by atoms with van der Waals surface area (Å²) in [5.41, 5.74) is 0.806. The van der Waals surface area contributed by atoms with Crippen LogP contribution in [0.15, 0.2) is 12.3 Å². The third-order valence-electron chi connectivity index (χ3n) is 5.58. The van der Waals surface area contributed by atoms with Crippen LogP contribution < -0.4 is 10.1 Å². The summed E-state index contributed by atoms with van der Waals surface area (Å²) in [6.07, 6.45) is 3.05. The minimum Gasteiger partial charge on any atom is -0.476 e. The maximum atomic E-state index is 13.0. The Morgan fingerprint density at radius 2 is 1.90 bits per heavy atom. The number of likely N-dealkylation sites (tertiary alicyclic amines) is 1. The molecule has 1 aromatic rings. The molecule has 2 heterocycles. The van der Waals surface area contributed by atoms with Crippen LogP contribution in [0.4, 0.5) is 4.79 Å². The smallest absolute Gasteiger partial charge is 0.410 e. The lowest BCUT2D eigenvalue weighted by Crippen LogP contribution is -2.55. The van der Waals surface area contributed by atoms with Crippen LogP contribution in [0, 0.1) is 25.2 Å². The van der Waals surface area contributed by atoms with E-state index in [-0.39, 0.29) is 30.6 Å². The molecular formula is C24H39N3O4. The Balaban J connectivity index is 1.94. The first-order valence-corrected chi connectivity index (χ1v) is 11.2. The fourth-order valence-electron chi connectivity index (χ4n) is 3.66. The van der Waals surface area contributed by atoms with Crippen LogP contribution in [0.5, 0.6) is 5.88 Å². The molecule has 2 rings (SSSR count). The molecule has 0 aliphatic carbocycles. The summed E-state index contributed by atoms with van der Waals surface area (Å²) >= 11 is 0. The second-order valence-corrected chi connectivity index (χ2v) is 10.3. The Labute approximate surface area is 186 Å². The van der Waals surface area contributed by atoms with Crippen molar-refractivity contribution in [1.82, 2.24) is 15.2 Å². The van der Waals surface area contributed by atoms with Gasteiger partial charge in [-0.2, -0.15) is 0 Å². The average Bonchev–Trinajstić information content (AvgIpc) is 2.66. The van der Waals surface area contributed by atoms with Crippen molar-refractivity contribution in [3.63, 3.8) is 0 Å². The van der Waals surface area contributed by atoms with Crippen molar-refractivity contribution in [2.24, 2.45) is 11.3 Å². The van der Waals surface area contributed by atoms with E-state index in [1.54, 1.807) is 11.1 Å². The van der Waals surface area contributed by atoms with Crippen LogP contribution >= 0.6 is 0 Å². The van der Waals surface area contributed by atoms with Crippen LogP contribution in [0.3, 0.4) is 0 Å². The molecule has 2 atom stereocenters. The van der Waals surface area contributed by atoms with E-state index in [9.17, 15) is 9.59 Å². The summed E-state index contributed by atoms with van der Waals surface area (Å²) in [7, 11) is 0. The summed E-state index contributed by atoms with van der Waals surface area (Å²) in [4.78, 5) is 31.5.